The fraction of sp³-hybridized carbons (Fsp3) is 1.00. The fourth-order valence-corrected chi connectivity index (χ4v) is 2.14. The summed E-state index contributed by atoms with van der Waals surface area (Å²) in [6, 6.07) is 0. The van der Waals surface area contributed by atoms with Gasteiger partial charge in [-0.05, 0) is 20.3 Å². The maximum Gasteiger partial charge on any atom is 0.469 e. The predicted octanol–water partition coefficient (Wildman–Crippen LogP) is 2.88. The van der Waals surface area contributed by atoms with E-state index in [4.69, 9.17) is 19.3 Å². The van der Waals surface area contributed by atoms with Crippen LogP contribution < -0.4 is 0 Å². The molecule has 0 rings (SSSR count). The van der Waals surface area contributed by atoms with E-state index in [-0.39, 0.29) is 25.4 Å². The highest BCUT2D eigenvalue weighted by Gasteiger charge is 2.13. The van der Waals surface area contributed by atoms with Crippen molar-refractivity contribution < 1.29 is 28.3 Å². The summed E-state index contributed by atoms with van der Waals surface area (Å²) in [7, 11) is -4.38. The van der Waals surface area contributed by atoms with E-state index in [9.17, 15) is 4.57 Å². The number of hydrogen-bond acceptors (Lipinski definition) is 4. The number of phosphoric acid groups is 1. The number of ether oxygens (including phenoxy) is 2. The minimum atomic E-state index is -4.38. The number of phosphoric ester groups is 1. The van der Waals surface area contributed by atoms with Gasteiger partial charge in [0.1, 0.15) is 0 Å². The van der Waals surface area contributed by atoms with Crippen molar-refractivity contribution >= 4 is 7.82 Å². The molecule has 0 aliphatic rings. The van der Waals surface area contributed by atoms with Crippen LogP contribution in [-0.4, -0.2) is 41.8 Å². The van der Waals surface area contributed by atoms with Gasteiger partial charge < -0.3 is 19.3 Å². The van der Waals surface area contributed by atoms with E-state index in [0.717, 1.165) is 6.42 Å². The van der Waals surface area contributed by atoms with Crippen LogP contribution in [0.15, 0.2) is 0 Å². The molecule has 0 fully saturated rings. The van der Waals surface area contributed by atoms with Crippen LogP contribution in [0.1, 0.15) is 52.9 Å². The average Bonchev–Trinajstić information content (AvgIpc) is 2.32. The van der Waals surface area contributed by atoms with Crippen LogP contribution in [0.2, 0.25) is 0 Å². The Kier molecular flexibility index (Phi) is 11.7. The molecule has 0 aromatic carbocycles. The maximum absolute atomic E-state index is 10.4. The molecule has 0 saturated heterocycles. The van der Waals surface area contributed by atoms with E-state index in [0.29, 0.717) is 6.61 Å². The third-order valence-corrected chi connectivity index (χ3v) is 3.29. The molecule has 20 heavy (non-hydrogen) atoms. The van der Waals surface area contributed by atoms with E-state index in [2.05, 4.69) is 18.4 Å². The molecule has 0 spiro atoms. The van der Waals surface area contributed by atoms with Crippen LogP contribution in [0.4, 0.5) is 0 Å². The van der Waals surface area contributed by atoms with Gasteiger partial charge in [-0.1, -0.05) is 32.6 Å². The lowest BCUT2D eigenvalue weighted by atomic mass is 10.1. The predicted molar refractivity (Wildman–Crippen MR) is 77.6 cm³/mol. The zero-order chi connectivity index (χ0) is 15.4. The van der Waals surface area contributed by atoms with Gasteiger partial charge in [-0.3, -0.25) is 4.52 Å². The molecule has 0 aliphatic heterocycles. The van der Waals surface area contributed by atoms with Crippen LogP contribution in [0.3, 0.4) is 0 Å². The Labute approximate surface area is 122 Å². The molecule has 6 nitrogen and oxygen atoms in total. The Balaban J connectivity index is 3.47. The first-order valence-corrected chi connectivity index (χ1v) is 8.81. The molecule has 0 aromatic heterocycles. The third kappa shape index (κ3) is 14.4. The van der Waals surface area contributed by atoms with Crippen molar-refractivity contribution in [2.75, 3.05) is 19.8 Å². The highest BCUT2D eigenvalue weighted by atomic mass is 31.2. The zero-order valence-electron chi connectivity index (χ0n) is 12.8. The molecule has 0 heterocycles. The summed E-state index contributed by atoms with van der Waals surface area (Å²) in [5, 5.41) is 0. The maximum atomic E-state index is 10.4. The molecular weight excluding hydrogens is 283 g/mol. The van der Waals surface area contributed by atoms with E-state index >= 15 is 0 Å². The van der Waals surface area contributed by atoms with Crippen LogP contribution in [0.5, 0.6) is 0 Å². The van der Waals surface area contributed by atoms with Crippen molar-refractivity contribution in [3.63, 3.8) is 0 Å². The van der Waals surface area contributed by atoms with Crippen molar-refractivity contribution in [2.24, 2.45) is 0 Å². The van der Waals surface area contributed by atoms with Gasteiger partial charge in [0.15, 0.2) is 0 Å². The molecular formula is C13H29O6P. The quantitative estimate of drug-likeness (QED) is 0.402. The van der Waals surface area contributed by atoms with E-state index in [1.165, 1.54) is 25.7 Å². The normalized spacial score (nSPS) is 15.2. The summed E-state index contributed by atoms with van der Waals surface area (Å²) >= 11 is 0. The second-order valence-electron chi connectivity index (χ2n) is 5.01. The lowest BCUT2D eigenvalue weighted by Crippen LogP contribution is -2.22. The van der Waals surface area contributed by atoms with Gasteiger partial charge in [-0.2, -0.15) is 0 Å². The van der Waals surface area contributed by atoms with Gasteiger partial charge in [-0.15, -0.1) is 0 Å². The monoisotopic (exact) mass is 312 g/mol. The first-order chi connectivity index (χ1) is 9.35. The summed E-state index contributed by atoms with van der Waals surface area (Å²) < 4.78 is 25.7. The van der Waals surface area contributed by atoms with Gasteiger partial charge in [0.25, 0.3) is 0 Å². The lowest BCUT2D eigenvalue weighted by molar-refractivity contribution is -0.0486. The lowest BCUT2D eigenvalue weighted by Gasteiger charge is -2.19. The van der Waals surface area contributed by atoms with Gasteiger partial charge in [0.05, 0.1) is 32.0 Å². The van der Waals surface area contributed by atoms with E-state index < -0.39 is 7.82 Å². The second-order valence-corrected chi connectivity index (χ2v) is 6.24. The van der Waals surface area contributed by atoms with Crippen LogP contribution in [0.25, 0.3) is 0 Å². The largest absolute Gasteiger partial charge is 0.469 e. The Morgan fingerprint density at radius 3 is 2.35 bits per heavy atom. The smallest absolute Gasteiger partial charge is 0.376 e. The van der Waals surface area contributed by atoms with Crippen molar-refractivity contribution in [1.82, 2.24) is 0 Å². The van der Waals surface area contributed by atoms with Gasteiger partial charge in [0.2, 0.25) is 0 Å². The molecule has 0 aromatic rings. The van der Waals surface area contributed by atoms with Crippen molar-refractivity contribution in [3.8, 4) is 0 Å². The van der Waals surface area contributed by atoms with Crippen molar-refractivity contribution in [2.45, 2.75) is 65.1 Å². The molecule has 2 unspecified atom stereocenters. The zero-order valence-corrected chi connectivity index (χ0v) is 13.7. The van der Waals surface area contributed by atoms with Crippen LogP contribution in [-0.2, 0) is 18.6 Å². The molecule has 2 atom stereocenters. The summed E-state index contributed by atoms with van der Waals surface area (Å²) in [4.78, 5) is 16.9. The van der Waals surface area contributed by atoms with Crippen molar-refractivity contribution in [3.05, 3.63) is 0 Å². The highest BCUT2D eigenvalue weighted by molar-refractivity contribution is 7.46. The van der Waals surface area contributed by atoms with Crippen LogP contribution in [0, 0.1) is 0 Å². The molecule has 0 amide bonds. The first kappa shape index (κ1) is 20.0. The molecule has 0 radical (unpaired) electrons. The number of unbranched alkanes of at least 4 members (excludes halogenated alkanes) is 3. The second kappa shape index (κ2) is 11.7. The first-order valence-electron chi connectivity index (χ1n) is 7.28. The Morgan fingerprint density at radius 1 is 1.05 bits per heavy atom. The van der Waals surface area contributed by atoms with Gasteiger partial charge in [0, 0.05) is 0 Å². The van der Waals surface area contributed by atoms with Crippen molar-refractivity contribution in [1.29, 1.82) is 0 Å². The highest BCUT2D eigenvalue weighted by Crippen LogP contribution is 2.35. The SMILES string of the molecule is CCCCCCC(C)OC(C)COCCOP(=O)(O)O. The van der Waals surface area contributed by atoms with Crippen LogP contribution >= 0.6 is 7.82 Å². The topological polar surface area (TPSA) is 85.2 Å². The minimum absolute atomic E-state index is 0.0359. The minimum Gasteiger partial charge on any atom is -0.376 e. The number of rotatable bonds is 13. The molecule has 0 bridgehead atoms. The van der Waals surface area contributed by atoms with Gasteiger partial charge in [-0.25, -0.2) is 4.57 Å². The molecule has 0 saturated carbocycles. The Bertz CT molecular complexity index is 268. The van der Waals surface area contributed by atoms with Gasteiger partial charge >= 0.3 is 7.82 Å². The molecule has 7 heteroatoms. The average molecular weight is 312 g/mol. The molecule has 122 valence electrons. The summed E-state index contributed by atoms with van der Waals surface area (Å²) in [6.45, 7) is 6.58. The van der Waals surface area contributed by atoms with E-state index in [1.54, 1.807) is 0 Å². The van der Waals surface area contributed by atoms with E-state index in [1.807, 2.05) is 6.92 Å². The standard InChI is InChI=1S/C13H29O6P/c1-4-5-6-7-8-12(2)19-13(3)11-17-9-10-18-20(14,15)16/h12-13H,4-11H2,1-3H3,(H2,14,15,16). The summed E-state index contributed by atoms with van der Waals surface area (Å²) in [5.74, 6) is 0. The molecule has 0 aliphatic carbocycles. The Morgan fingerprint density at radius 2 is 1.75 bits per heavy atom. The summed E-state index contributed by atoms with van der Waals surface area (Å²) in [6.07, 6.45) is 6.14. The number of hydrogen-bond donors (Lipinski definition) is 2. The fourth-order valence-electron chi connectivity index (χ4n) is 1.83. The Hall–Kier alpha value is 0.0300. The molecule has 2 N–H and O–H groups in total. The third-order valence-electron chi connectivity index (χ3n) is 2.77. The summed E-state index contributed by atoms with van der Waals surface area (Å²) in [5.41, 5.74) is 0.